The van der Waals surface area contributed by atoms with Gasteiger partial charge in [0.05, 0.1) is 18.8 Å². The Kier molecular flexibility index (Phi) is 3.90. The average molecular weight is 250 g/mol. The number of ether oxygens (including phenoxy) is 1. The van der Waals surface area contributed by atoms with Crippen molar-refractivity contribution in [2.75, 3.05) is 32.8 Å². The van der Waals surface area contributed by atoms with Gasteiger partial charge in [0.2, 0.25) is 0 Å². The first-order valence-electron chi connectivity index (χ1n) is 7.08. The Morgan fingerprint density at radius 3 is 2.78 bits per heavy atom. The van der Waals surface area contributed by atoms with E-state index < -0.39 is 0 Å². The number of hydrogen-bond donors (Lipinski definition) is 0. The zero-order valence-corrected chi connectivity index (χ0v) is 10.9. The zero-order valence-electron chi connectivity index (χ0n) is 10.9. The molecule has 100 valence electrons. The normalized spacial score (nSPS) is 27.4. The van der Waals surface area contributed by atoms with Crippen molar-refractivity contribution < 1.29 is 4.74 Å². The van der Waals surface area contributed by atoms with Gasteiger partial charge >= 0.3 is 0 Å². The van der Waals surface area contributed by atoms with Gasteiger partial charge in [0, 0.05) is 32.4 Å². The number of likely N-dealkylation sites (tertiary alicyclic amines) is 1. The van der Waals surface area contributed by atoms with Crippen LogP contribution in [-0.4, -0.2) is 52.7 Å². The predicted molar refractivity (Wildman–Crippen MR) is 68.3 cm³/mol. The van der Waals surface area contributed by atoms with Gasteiger partial charge < -0.3 is 9.64 Å². The molecule has 0 N–H and O–H groups in total. The van der Waals surface area contributed by atoms with Crippen LogP contribution in [0, 0.1) is 5.92 Å². The Morgan fingerprint density at radius 1 is 1.22 bits per heavy atom. The van der Waals surface area contributed by atoms with Crippen molar-refractivity contribution in [2.24, 2.45) is 5.92 Å². The Hall–Kier alpha value is -0.940. The number of nitrogens with zero attached hydrogens (tertiary/aromatic N) is 4. The van der Waals surface area contributed by atoms with Gasteiger partial charge in [0.1, 0.15) is 0 Å². The van der Waals surface area contributed by atoms with E-state index in [1.54, 1.807) is 6.20 Å². The van der Waals surface area contributed by atoms with Crippen molar-refractivity contribution in [3.63, 3.8) is 0 Å². The molecular formula is C13H22N4O. The summed E-state index contributed by atoms with van der Waals surface area (Å²) in [4.78, 5) is 2.59. The molecule has 1 unspecified atom stereocenters. The molecule has 0 aliphatic carbocycles. The molecule has 1 aromatic rings. The molecule has 2 aliphatic heterocycles. The third-order valence-corrected chi connectivity index (χ3v) is 4.14. The molecule has 2 saturated heterocycles. The molecular weight excluding hydrogens is 228 g/mol. The first-order valence-corrected chi connectivity index (χ1v) is 7.08. The SMILES string of the molecule is c1cn(C2CCN(CC3CCCOC3)CC2)nn1. The predicted octanol–water partition coefficient (Wildman–Crippen LogP) is 1.34. The molecule has 5 heteroatoms. The monoisotopic (exact) mass is 250 g/mol. The maximum Gasteiger partial charge on any atom is 0.0693 e. The highest BCUT2D eigenvalue weighted by Gasteiger charge is 2.24. The number of piperidine rings is 1. The Labute approximate surface area is 108 Å². The first kappa shape index (κ1) is 12.1. The van der Waals surface area contributed by atoms with Crippen LogP contribution in [0.2, 0.25) is 0 Å². The van der Waals surface area contributed by atoms with E-state index in [9.17, 15) is 0 Å². The summed E-state index contributed by atoms with van der Waals surface area (Å²) in [7, 11) is 0. The molecule has 2 fully saturated rings. The van der Waals surface area contributed by atoms with Crippen LogP contribution >= 0.6 is 0 Å². The molecule has 0 saturated carbocycles. The van der Waals surface area contributed by atoms with Crippen LogP contribution in [-0.2, 0) is 4.74 Å². The molecule has 3 heterocycles. The summed E-state index contributed by atoms with van der Waals surface area (Å²) < 4.78 is 7.57. The zero-order chi connectivity index (χ0) is 12.2. The van der Waals surface area contributed by atoms with Crippen molar-refractivity contribution >= 4 is 0 Å². The fraction of sp³-hybridized carbons (Fsp3) is 0.846. The molecule has 5 nitrogen and oxygen atoms in total. The van der Waals surface area contributed by atoms with E-state index in [0.717, 1.165) is 19.1 Å². The molecule has 0 amide bonds. The van der Waals surface area contributed by atoms with Gasteiger partial charge in [0.15, 0.2) is 0 Å². The van der Waals surface area contributed by atoms with Crippen LogP contribution in [0.4, 0.5) is 0 Å². The van der Waals surface area contributed by atoms with Gasteiger partial charge in [-0.25, -0.2) is 4.68 Å². The number of rotatable bonds is 3. The van der Waals surface area contributed by atoms with E-state index in [1.807, 2.05) is 10.9 Å². The lowest BCUT2D eigenvalue weighted by Gasteiger charge is -2.35. The van der Waals surface area contributed by atoms with Crippen molar-refractivity contribution in [1.82, 2.24) is 19.9 Å². The van der Waals surface area contributed by atoms with E-state index in [1.165, 1.54) is 45.3 Å². The highest BCUT2D eigenvalue weighted by atomic mass is 16.5. The lowest BCUT2D eigenvalue weighted by atomic mass is 9.99. The second-order valence-corrected chi connectivity index (χ2v) is 5.50. The maximum absolute atomic E-state index is 5.55. The lowest BCUT2D eigenvalue weighted by Crippen LogP contribution is -2.39. The standard InChI is InChI=1S/C13H22N4O/c1-2-12(11-18-9-1)10-16-6-3-13(4-7-16)17-8-5-14-15-17/h5,8,12-13H,1-4,6-7,9-11H2. The van der Waals surface area contributed by atoms with Gasteiger partial charge in [-0.15, -0.1) is 5.10 Å². The van der Waals surface area contributed by atoms with Gasteiger partial charge in [-0.2, -0.15) is 0 Å². The first-order chi connectivity index (χ1) is 8.92. The molecule has 0 radical (unpaired) electrons. The van der Waals surface area contributed by atoms with Gasteiger partial charge in [-0.1, -0.05) is 5.21 Å². The van der Waals surface area contributed by atoms with Gasteiger partial charge in [-0.3, -0.25) is 0 Å². The average Bonchev–Trinajstić information content (AvgIpc) is 2.95. The Balaban J connectivity index is 1.45. The summed E-state index contributed by atoms with van der Waals surface area (Å²) in [6.45, 7) is 5.50. The molecule has 0 aromatic carbocycles. The van der Waals surface area contributed by atoms with E-state index >= 15 is 0 Å². The highest BCUT2D eigenvalue weighted by molar-refractivity contribution is 4.80. The van der Waals surface area contributed by atoms with Crippen molar-refractivity contribution in [3.8, 4) is 0 Å². The van der Waals surface area contributed by atoms with Crippen molar-refractivity contribution in [2.45, 2.75) is 31.7 Å². The number of aromatic nitrogens is 3. The summed E-state index contributed by atoms with van der Waals surface area (Å²) in [6, 6.07) is 0.548. The van der Waals surface area contributed by atoms with Crippen molar-refractivity contribution in [3.05, 3.63) is 12.4 Å². The van der Waals surface area contributed by atoms with Crippen LogP contribution in [0.3, 0.4) is 0 Å². The second kappa shape index (κ2) is 5.80. The maximum atomic E-state index is 5.55. The third kappa shape index (κ3) is 2.90. The van der Waals surface area contributed by atoms with Crippen LogP contribution in [0.15, 0.2) is 12.4 Å². The third-order valence-electron chi connectivity index (χ3n) is 4.14. The summed E-state index contributed by atoms with van der Waals surface area (Å²) in [5, 5.41) is 8.00. The summed E-state index contributed by atoms with van der Waals surface area (Å²) in [6.07, 6.45) is 8.71. The quantitative estimate of drug-likeness (QED) is 0.812. The molecule has 1 atom stereocenters. The fourth-order valence-electron chi connectivity index (χ4n) is 3.10. The highest BCUT2D eigenvalue weighted by Crippen LogP contribution is 2.23. The molecule has 2 aliphatic rings. The molecule has 0 spiro atoms. The molecule has 18 heavy (non-hydrogen) atoms. The summed E-state index contributed by atoms with van der Waals surface area (Å²) in [5.74, 6) is 0.752. The molecule has 1 aromatic heterocycles. The lowest BCUT2D eigenvalue weighted by molar-refractivity contribution is 0.0327. The van der Waals surface area contributed by atoms with Crippen LogP contribution in [0.1, 0.15) is 31.7 Å². The Bertz CT molecular complexity index is 340. The summed E-state index contributed by atoms with van der Waals surface area (Å²) >= 11 is 0. The van der Waals surface area contributed by atoms with Crippen LogP contribution in [0.5, 0.6) is 0 Å². The van der Waals surface area contributed by atoms with E-state index in [2.05, 4.69) is 15.2 Å². The summed E-state index contributed by atoms with van der Waals surface area (Å²) in [5.41, 5.74) is 0. The van der Waals surface area contributed by atoms with Gasteiger partial charge in [0.25, 0.3) is 0 Å². The minimum absolute atomic E-state index is 0.548. The van der Waals surface area contributed by atoms with Gasteiger partial charge in [-0.05, 0) is 31.6 Å². The van der Waals surface area contributed by atoms with E-state index in [4.69, 9.17) is 4.74 Å². The van der Waals surface area contributed by atoms with E-state index in [-0.39, 0.29) is 0 Å². The van der Waals surface area contributed by atoms with E-state index in [0.29, 0.717) is 6.04 Å². The molecule has 3 rings (SSSR count). The fourth-order valence-corrected chi connectivity index (χ4v) is 3.10. The van der Waals surface area contributed by atoms with Crippen LogP contribution in [0.25, 0.3) is 0 Å². The minimum atomic E-state index is 0.548. The minimum Gasteiger partial charge on any atom is -0.381 e. The smallest absolute Gasteiger partial charge is 0.0693 e. The number of hydrogen-bond acceptors (Lipinski definition) is 4. The molecule has 0 bridgehead atoms. The largest absolute Gasteiger partial charge is 0.381 e. The Morgan fingerprint density at radius 2 is 2.11 bits per heavy atom. The second-order valence-electron chi connectivity index (χ2n) is 5.50. The topological polar surface area (TPSA) is 43.2 Å². The van der Waals surface area contributed by atoms with Crippen molar-refractivity contribution in [1.29, 1.82) is 0 Å². The van der Waals surface area contributed by atoms with Crippen LogP contribution < -0.4 is 0 Å².